The molecule has 0 radical (unpaired) electrons. The van der Waals surface area contributed by atoms with E-state index in [-0.39, 0.29) is 18.6 Å². The van der Waals surface area contributed by atoms with Crippen LogP contribution in [0.1, 0.15) is 37.0 Å². The number of amides is 1. The van der Waals surface area contributed by atoms with Gasteiger partial charge in [-0.1, -0.05) is 31.5 Å². The number of carbonyl (C=O) groups is 2. The Labute approximate surface area is 176 Å². The predicted octanol–water partition coefficient (Wildman–Crippen LogP) is 4.37. The number of esters is 1. The molecule has 0 saturated carbocycles. The van der Waals surface area contributed by atoms with Gasteiger partial charge in [0.1, 0.15) is 5.75 Å². The van der Waals surface area contributed by atoms with Crippen LogP contribution in [0.4, 0.5) is 0 Å². The van der Waals surface area contributed by atoms with Crippen LogP contribution in [-0.2, 0) is 9.53 Å². The van der Waals surface area contributed by atoms with Crippen molar-refractivity contribution in [2.75, 3.05) is 13.7 Å². The summed E-state index contributed by atoms with van der Waals surface area (Å²) in [6.07, 6.45) is 1.85. The molecule has 30 heavy (non-hydrogen) atoms. The number of hydrogen-bond acceptors (Lipinski definition) is 5. The van der Waals surface area contributed by atoms with E-state index in [0.717, 1.165) is 24.2 Å². The number of hydrogen-bond donors (Lipinski definition) is 1. The van der Waals surface area contributed by atoms with E-state index >= 15 is 0 Å². The number of aromatic nitrogens is 1. The number of rotatable bonds is 8. The Morgan fingerprint density at radius 2 is 1.83 bits per heavy atom. The summed E-state index contributed by atoms with van der Waals surface area (Å²) in [4.78, 5) is 29.5. The number of nitrogens with one attached hydrogen (secondary N) is 1. The minimum Gasteiger partial charge on any atom is -0.497 e. The third-order valence-electron chi connectivity index (χ3n) is 4.79. The van der Waals surface area contributed by atoms with E-state index in [1.54, 1.807) is 13.2 Å². The Kier molecular flexibility index (Phi) is 7.01. The van der Waals surface area contributed by atoms with Crippen molar-refractivity contribution in [1.29, 1.82) is 0 Å². The van der Waals surface area contributed by atoms with Crippen LogP contribution in [0.5, 0.6) is 5.75 Å². The van der Waals surface area contributed by atoms with Gasteiger partial charge in [-0.2, -0.15) is 0 Å². The highest BCUT2D eigenvalue weighted by atomic mass is 16.5. The summed E-state index contributed by atoms with van der Waals surface area (Å²) in [6, 6.07) is 16.6. The Hall–Kier alpha value is -3.41. The average Bonchev–Trinajstić information content (AvgIpc) is 2.77. The van der Waals surface area contributed by atoms with Crippen LogP contribution in [0.25, 0.3) is 22.2 Å². The van der Waals surface area contributed by atoms with Gasteiger partial charge in [0.2, 0.25) is 0 Å². The number of ether oxygens (including phenoxy) is 2. The molecule has 1 aromatic heterocycles. The number of methoxy groups -OCH3 is 1. The predicted molar refractivity (Wildman–Crippen MR) is 117 cm³/mol. The number of pyridine rings is 1. The minimum absolute atomic E-state index is 0.0460. The fourth-order valence-electron chi connectivity index (χ4n) is 3.28. The van der Waals surface area contributed by atoms with Crippen molar-refractivity contribution < 1.29 is 19.1 Å². The molecule has 156 valence electrons. The quantitative estimate of drug-likeness (QED) is 0.562. The van der Waals surface area contributed by atoms with Gasteiger partial charge in [0.25, 0.3) is 5.91 Å². The number of benzene rings is 2. The molecule has 0 spiro atoms. The van der Waals surface area contributed by atoms with E-state index in [1.807, 2.05) is 55.5 Å². The zero-order valence-corrected chi connectivity index (χ0v) is 17.5. The van der Waals surface area contributed by atoms with Crippen molar-refractivity contribution in [2.45, 2.75) is 32.7 Å². The molecule has 0 saturated heterocycles. The summed E-state index contributed by atoms with van der Waals surface area (Å²) in [5, 5.41) is 3.51. The molecular formula is C24H26N2O4. The summed E-state index contributed by atoms with van der Waals surface area (Å²) in [7, 11) is 1.61. The highest BCUT2D eigenvalue weighted by Crippen LogP contribution is 2.26. The zero-order chi connectivity index (χ0) is 21.5. The SMILES string of the molecule is CCC[C@@H](C)NC(=O)COC(=O)c1cc(-c2ccc(OC)cc2)nc2ccccc12. The van der Waals surface area contributed by atoms with Gasteiger partial charge < -0.3 is 14.8 Å². The molecule has 1 amide bonds. The molecule has 0 unspecified atom stereocenters. The summed E-state index contributed by atoms with van der Waals surface area (Å²) in [6.45, 7) is 3.67. The van der Waals surface area contributed by atoms with Crippen LogP contribution >= 0.6 is 0 Å². The summed E-state index contributed by atoms with van der Waals surface area (Å²) < 4.78 is 10.5. The second kappa shape index (κ2) is 9.87. The van der Waals surface area contributed by atoms with E-state index in [0.29, 0.717) is 22.2 Å². The second-order valence-electron chi connectivity index (χ2n) is 7.13. The lowest BCUT2D eigenvalue weighted by atomic mass is 10.0. The van der Waals surface area contributed by atoms with Crippen LogP contribution in [0.2, 0.25) is 0 Å². The van der Waals surface area contributed by atoms with E-state index in [2.05, 4.69) is 17.2 Å². The van der Waals surface area contributed by atoms with Crippen LogP contribution in [-0.4, -0.2) is 36.6 Å². The lowest BCUT2D eigenvalue weighted by Crippen LogP contribution is -2.35. The fraction of sp³-hybridized carbons (Fsp3) is 0.292. The maximum atomic E-state index is 12.8. The first-order chi connectivity index (χ1) is 14.5. The Morgan fingerprint density at radius 1 is 1.10 bits per heavy atom. The molecule has 1 heterocycles. The molecule has 0 bridgehead atoms. The van der Waals surface area contributed by atoms with Crippen molar-refractivity contribution >= 4 is 22.8 Å². The van der Waals surface area contributed by atoms with Crippen molar-refractivity contribution in [1.82, 2.24) is 10.3 Å². The molecule has 1 atom stereocenters. The van der Waals surface area contributed by atoms with Gasteiger partial charge in [0.05, 0.1) is 23.9 Å². The molecule has 0 aliphatic rings. The van der Waals surface area contributed by atoms with Gasteiger partial charge in [0.15, 0.2) is 6.61 Å². The molecular weight excluding hydrogens is 380 g/mol. The molecule has 6 heteroatoms. The smallest absolute Gasteiger partial charge is 0.339 e. The molecule has 1 N–H and O–H groups in total. The molecule has 0 aliphatic carbocycles. The van der Waals surface area contributed by atoms with Crippen LogP contribution in [0.15, 0.2) is 54.6 Å². The van der Waals surface area contributed by atoms with Gasteiger partial charge in [-0.15, -0.1) is 0 Å². The van der Waals surface area contributed by atoms with Gasteiger partial charge in [0, 0.05) is 17.0 Å². The van der Waals surface area contributed by atoms with Crippen LogP contribution < -0.4 is 10.1 Å². The van der Waals surface area contributed by atoms with Gasteiger partial charge in [-0.05, 0) is 49.7 Å². The second-order valence-corrected chi connectivity index (χ2v) is 7.13. The summed E-state index contributed by atoms with van der Waals surface area (Å²) in [5.41, 5.74) is 2.55. The third kappa shape index (κ3) is 5.14. The van der Waals surface area contributed by atoms with Crippen molar-refractivity contribution in [3.63, 3.8) is 0 Å². The lowest BCUT2D eigenvalue weighted by Gasteiger charge is -2.13. The average molecular weight is 406 g/mol. The number of carbonyl (C=O) groups excluding carboxylic acids is 2. The van der Waals surface area contributed by atoms with Gasteiger partial charge in [-0.3, -0.25) is 4.79 Å². The Balaban J connectivity index is 1.84. The normalized spacial score (nSPS) is 11.7. The first kappa shape index (κ1) is 21.3. The summed E-state index contributed by atoms with van der Waals surface area (Å²) in [5.74, 6) is -0.123. The molecule has 2 aromatic carbocycles. The van der Waals surface area contributed by atoms with Crippen LogP contribution in [0, 0.1) is 0 Å². The zero-order valence-electron chi connectivity index (χ0n) is 17.5. The highest BCUT2D eigenvalue weighted by Gasteiger charge is 2.17. The van der Waals surface area contributed by atoms with Crippen LogP contribution in [0.3, 0.4) is 0 Å². The number of nitrogens with zero attached hydrogens (tertiary/aromatic N) is 1. The number of para-hydroxylation sites is 1. The maximum absolute atomic E-state index is 12.8. The minimum atomic E-state index is -0.554. The molecule has 6 nitrogen and oxygen atoms in total. The highest BCUT2D eigenvalue weighted by molar-refractivity contribution is 6.05. The first-order valence-electron chi connectivity index (χ1n) is 10.0. The summed E-state index contributed by atoms with van der Waals surface area (Å²) >= 11 is 0. The first-order valence-corrected chi connectivity index (χ1v) is 10.0. The molecule has 3 rings (SSSR count). The molecule has 0 fully saturated rings. The molecule has 3 aromatic rings. The topological polar surface area (TPSA) is 77.5 Å². The van der Waals surface area contributed by atoms with Crippen molar-refractivity contribution in [3.8, 4) is 17.0 Å². The van der Waals surface area contributed by atoms with E-state index in [9.17, 15) is 9.59 Å². The lowest BCUT2D eigenvalue weighted by molar-refractivity contribution is -0.124. The largest absolute Gasteiger partial charge is 0.497 e. The monoisotopic (exact) mass is 406 g/mol. The van der Waals surface area contributed by atoms with E-state index in [1.165, 1.54) is 0 Å². The van der Waals surface area contributed by atoms with Crippen molar-refractivity contribution in [3.05, 3.63) is 60.2 Å². The Bertz CT molecular complexity index is 1030. The molecule has 0 aliphatic heterocycles. The maximum Gasteiger partial charge on any atom is 0.339 e. The fourth-order valence-corrected chi connectivity index (χ4v) is 3.28. The third-order valence-corrected chi connectivity index (χ3v) is 4.79. The van der Waals surface area contributed by atoms with Gasteiger partial charge in [-0.25, -0.2) is 9.78 Å². The Morgan fingerprint density at radius 3 is 2.53 bits per heavy atom. The van der Waals surface area contributed by atoms with E-state index < -0.39 is 5.97 Å². The standard InChI is InChI=1S/C24H26N2O4/c1-4-7-16(2)25-23(27)15-30-24(28)20-14-22(17-10-12-18(29-3)13-11-17)26-21-9-6-5-8-19(20)21/h5-6,8-14,16H,4,7,15H2,1-3H3,(H,25,27)/t16-/m1/s1. The van der Waals surface area contributed by atoms with Gasteiger partial charge >= 0.3 is 5.97 Å². The number of fused-ring (bicyclic) bond motifs is 1. The van der Waals surface area contributed by atoms with E-state index in [4.69, 9.17) is 9.47 Å². The van der Waals surface area contributed by atoms with Crippen molar-refractivity contribution in [2.24, 2.45) is 0 Å².